The van der Waals surface area contributed by atoms with Gasteiger partial charge in [-0.25, -0.2) is 0 Å². The lowest BCUT2D eigenvalue weighted by atomic mass is 10.1. The Bertz CT molecular complexity index is 583. The van der Waals surface area contributed by atoms with Crippen LogP contribution < -0.4 is 0 Å². The first-order chi connectivity index (χ1) is 8.95. The minimum absolute atomic E-state index is 0.148. The van der Waals surface area contributed by atoms with E-state index in [1.165, 1.54) is 23.1 Å². The van der Waals surface area contributed by atoms with Crippen molar-refractivity contribution in [2.45, 2.75) is 13.5 Å². The van der Waals surface area contributed by atoms with Crippen LogP contribution in [0.25, 0.3) is 0 Å². The maximum atomic E-state index is 12.1. The first-order valence-corrected chi connectivity index (χ1v) is 5.79. The zero-order chi connectivity index (χ0) is 14.0. The van der Waals surface area contributed by atoms with Crippen molar-refractivity contribution < 1.29 is 19.4 Å². The highest BCUT2D eigenvalue weighted by Crippen LogP contribution is 2.21. The Hall–Kier alpha value is -2.43. The predicted octanol–water partition coefficient (Wildman–Crippen LogP) is 2.27. The fourth-order valence-electron chi connectivity index (χ4n) is 1.81. The second kappa shape index (κ2) is 5.06. The molecule has 1 aromatic carbocycles. The van der Waals surface area contributed by atoms with Crippen molar-refractivity contribution >= 4 is 5.91 Å². The average Bonchev–Trinajstić information content (AvgIpc) is 2.72. The van der Waals surface area contributed by atoms with E-state index in [2.05, 4.69) is 0 Å². The summed E-state index contributed by atoms with van der Waals surface area (Å²) >= 11 is 0. The lowest BCUT2D eigenvalue weighted by Crippen LogP contribution is -2.25. The van der Waals surface area contributed by atoms with Crippen LogP contribution in [0.1, 0.15) is 21.9 Å². The number of furan rings is 1. The number of amides is 1. The highest BCUT2D eigenvalue weighted by molar-refractivity contribution is 5.94. The van der Waals surface area contributed by atoms with Crippen molar-refractivity contribution in [2.75, 3.05) is 7.05 Å². The second-order valence-corrected chi connectivity index (χ2v) is 4.41. The van der Waals surface area contributed by atoms with Gasteiger partial charge in [0.25, 0.3) is 5.91 Å². The van der Waals surface area contributed by atoms with Gasteiger partial charge in [-0.2, -0.15) is 0 Å². The summed E-state index contributed by atoms with van der Waals surface area (Å²) in [6.45, 7) is 2.15. The van der Waals surface area contributed by atoms with Gasteiger partial charge in [-0.05, 0) is 31.2 Å². The Labute approximate surface area is 110 Å². The molecule has 100 valence electrons. The molecule has 1 heterocycles. The maximum Gasteiger partial charge on any atom is 0.254 e. The number of hydrogen-bond acceptors (Lipinski definition) is 4. The molecule has 5 heteroatoms. The second-order valence-electron chi connectivity index (χ2n) is 4.41. The molecular formula is C14H15NO4. The van der Waals surface area contributed by atoms with Gasteiger partial charge < -0.3 is 19.5 Å². The van der Waals surface area contributed by atoms with Gasteiger partial charge in [-0.3, -0.25) is 4.79 Å². The lowest BCUT2D eigenvalue weighted by molar-refractivity contribution is 0.0774. The molecule has 1 amide bonds. The molecule has 0 aliphatic rings. The highest BCUT2D eigenvalue weighted by Gasteiger charge is 2.15. The summed E-state index contributed by atoms with van der Waals surface area (Å²) in [5.41, 5.74) is 0.225. The summed E-state index contributed by atoms with van der Waals surface area (Å²) in [5, 5.41) is 18.7. The Morgan fingerprint density at radius 2 is 1.84 bits per heavy atom. The molecule has 1 aromatic heterocycles. The quantitative estimate of drug-likeness (QED) is 0.888. The average molecular weight is 261 g/mol. The summed E-state index contributed by atoms with van der Waals surface area (Å²) in [5.74, 6) is 0.861. The topological polar surface area (TPSA) is 73.9 Å². The number of carbonyl (C=O) groups is 1. The van der Waals surface area contributed by atoms with Crippen LogP contribution in [0.2, 0.25) is 0 Å². The van der Waals surface area contributed by atoms with Crippen LogP contribution in [-0.4, -0.2) is 28.1 Å². The number of carbonyl (C=O) groups excluding carboxylic acids is 1. The van der Waals surface area contributed by atoms with Gasteiger partial charge in [0, 0.05) is 18.7 Å². The standard InChI is InChI=1S/C14H15NO4/c1-9-3-4-13(19-9)8-15(2)14(18)10-5-11(16)7-12(17)6-10/h3-7,16-17H,8H2,1-2H3. The van der Waals surface area contributed by atoms with Crippen LogP contribution in [-0.2, 0) is 6.54 Å². The lowest BCUT2D eigenvalue weighted by Gasteiger charge is -2.16. The molecule has 0 aliphatic carbocycles. The highest BCUT2D eigenvalue weighted by atomic mass is 16.3. The van der Waals surface area contributed by atoms with Crippen LogP contribution in [0.3, 0.4) is 0 Å². The molecule has 0 atom stereocenters. The summed E-state index contributed by atoms with van der Waals surface area (Å²) in [4.78, 5) is 13.6. The Morgan fingerprint density at radius 3 is 2.37 bits per heavy atom. The van der Waals surface area contributed by atoms with Crippen LogP contribution in [0.15, 0.2) is 34.7 Å². The van der Waals surface area contributed by atoms with Crippen LogP contribution in [0.5, 0.6) is 11.5 Å². The zero-order valence-electron chi connectivity index (χ0n) is 10.8. The minimum Gasteiger partial charge on any atom is -0.508 e. The monoisotopic (exact) mass is 261 g/mol. The first-order valence-electron chi connectivity index (χ1n) is 5.79. The van der Waals surface area contributed by atoms with Gasteiger partial charge in [-0.1, -0.05) is 0 Å². The van der Waals surface area contributed by atoms with Gasteiger partial charge in [0.2, 0.25) is 0 Å². The molecule has 0 spiro atoms. The molecule has 0 saturated heterocycles. The number of phenolic OH excluding ortho intramolecular Hbond substituents is 2. The van der Waals surface area contributed by atoms with E-state index in [0.717, 1.165) is 5.76 Å². The Kier molecular flexibility index (Phi) is 3.46. The number of nitrogens with zero attached hydrogens (tertiary/aromatic N) is 1. The Morgan fingerprint density at radius 1 is 1.21 bits per heavy atom. The predicted molar refractivity (Wildman–Crippen MR) is 69.0 cm³/mol. The normalized spacial score (nSPS) is 10.4. The number of aryl methyl sites for hydroxylation is 1. The van der Waals surface area contributed by atoms with E-state index in [0.29, 0.717) is 12.3 Å². The minimum atomic E-state index is -0.305. The molecule has 0 aliphatic heterocycles. The third-order valence-electron chi connectivity index (χ3n) is 2.69. The number of rotatable bonds is 3. The smallest absolute Gasteiger partial charge is 0.254 e. The fourth-order valence-corrected chi connectivity index (χ4v) is 1.81. The number of benzene rings is 1. The third kappa shape index (κ3) is 3.07. The van der Waals surface area contributed by atoms with Crippen molar-refractivity contribution in [2.24, 2.45) is 0 Å². The van der Waals surface area contributed by atoms with Crippen molar-refractivity contribution in [1.29, 1.82) is 0 Å². The van der Waals surface area contributed by atoms with Gasteiger partial charge in [-0.15, -0.1) is 0 Å². The van der Waals surface area contributed by atoms with Crippen molar-refractivity contribution in [3.05, 3.63) is 47.4 Å². The molecular weight excluding hydrogens is 246 g/mol. The number of aromatic hydroxyl groups is 2. The summed E-state index contributed by atoms with van der Waals surface area (Å²) in [6.07, 6.45) is 0. The van der Waals surface area contributed by atoms with Crippen LogP contribution in [0, 0.1) is 6.92 Å². The van der Waals surface area contributed by atoms with E-state index in [9.17, 15) is 15.0 Å². The van der Waals surface area contributed by atoms with Gasteiger partial charge in [0.1, 0.15) is 23.0 Å². The third-order valence-corrected chi connectivity index (χ3v) is 2.69. The zero-order valence-corrected chi connectivity index (χ0v) is 10.8. The number of phenols is 2. The first kappa shape index (κ1) is 13.0. The molecule has 19 heavy (non-hydrogen) atoms. The molecule has 5 nitrogen and oxygen atoms in total. The molecule has 0 radical (unpaired) electrons. The largest absolute Gasteiger partial charge is 0.508 e. The van der Waals surface area contributed by atoms with E-state index in [1.807, 2.05) is 13.0 Å². The van der Waals surface area contributed by atoms with Crippen LogP contribution in [0.4, 0.5) is 0 Å². The molecule has 0 fully saturated rings. The summed E-state index contributed by atoms with van der Waals surface area (Å²) < 4.78 is 5.39. The van der Waals surface area contributed by atoms with Gasteiger partial charge >= 0.3 is 0 Å². The van der Waals surface area contributed by atoms with Crippen molar-refractivity contribution in [3.8, 4) is 11.5 Å². The van der Waals surface area contributed by atoms with E-state index in [1.54, 1.807) is 13.1 Å². The van der Waals surface area contributed by atoms with Crippen molar-refractivity contribution in [3.63, 3.8) is 0 Å². The molecule has 0 saturated carbocycles. The number of hydrogen-bond donors (Lipinski definition) is 2. The summed E-state index contributed by atoms with van der Waals surface area (Å²) in [6, 6.07) is 7.43. The summed E-state index contributed by atoms with van der Waals surface area (Å²) in [7, 11) is 1.63. The van der Waals surface area contributed by atoms with E-state index >= 15 is 0 Å². The van der Waals surface area contributed by atoms with Crippen molar-refractivity contribution in [1.82, 2.24) is 4.90 Å². The van der Waals surface area contributed by atoms with Crippen LogP contribution >= 0.6 is 0 Å². The molecule has 2 aromatic rings. The van der Waals surface area contributed by atoms with Gasteiger partial charge in [0.15, 0.2) is 0 Å². The molecule has 2 N–H and O–H groups in total. The fraction of sp³-hybridized carbons (Fsp3) is 0.214. The van der Waals surface area contributed by atoms with E-state index < -0.39 is 0 Å². The maximum absolute atomic E-state index is 12.1. The Balaban J connectivity index is 2.14. The van der Waals surface area contributed by atoms with E-state index in [-0.39, 0.29) is 23.0 Å². The molecule has 0 unspecified atom stereocenters. The molecule has 2 rings (SSSR count). The van der Waals surface area contributed by atoms with Gasteiger partial charge in [0.05, 0.1) is 6.54 Å². The van der Waals surface area contributed by atoms with E-state index in [4.69, 9.17) is 4.42 Å². The molecule has 0 bridgehead atoms. The SMILES string of the molecule is Cc1ccc(CN(C)C(=O)c2cc(O)cc(O)c2)o1.